The molecule has 1 atom stereocenters. The lowest BCUT2D eigenvalue weighted by Gasteiger charge is -2.17. The molecular formula is C27H26FN5O2. The predicted molar refractivity (Wildman–Crippen MR) is 131 cm³/mol. The van der Waals surface area contributed by atoms with Crippen molar-refractivity contribution < 1.29 is 13.9 Å². The third kappa shape index (κ3) is 3.83. The number of halogens is 1. The molecule has 3 aromatic heterocycles. The fourth-order valence-corrected chi connectivity index (χ4v) is 5.16. The summed E-state index contributed by atoms with van der Waals surface area (Å²) >= 11 is 0. The van der Waals surface area contributed by atoms with Gasteiger partial charge in [-0.15, -0.1) is 0 Å². The first-order valence-electron chi connectivity index (χ1n) is 12.0. The van der Waals surface area contributed by atoms with Crippen molar-refractivity contribution in [2.24, 2.45) is 0 Å². The van der Waals surface area contributed by atoms with E-state index in [1.54, 1.807) is 12.4 Å². The number of ether oxygens (including phenoxy) is 1. The highest BCUT2D eigenvalue weighted by Gasteiger charge is 2.28. The van der Waals surface area contributed by atoms with Gasteiger partial charge in [-0.2, -0.15) is 0 Å². The number of aryl methyl sites for hydroxylation is 1. The topological polar surface area (TPSA) is 80.5 Å². The van der Waals surface area contributed by atoms with E-state index in [-0.39, 0.29) is 11.7 Å². The molecule has 6 rings (SSSR count). The van der Waals surface area contributed by atoms with Gasteiger partial charge in [0.15, 0.2) is 0 Å². The minimum Gasteiger partial charge on any atom is -0.381 e. The molecule has 0 bridgehead atoms. The number of fused-ring (bicyclic) bond motifs is 2. The molecule has 35 heavy (non-hydrogen) atoms. The van der Waals surface area contributed by atoms with Gasteiger partial charge >= 0.3 is 0 Å². The van der Waals surface area contributed by atoms with Gasteiger partial charge in [-0.1, -0.05) is 25.5 Å². The molecule has 1 saturated heterocycles. The number of pyridine rings is 2. The van der Waals surface area contributed by atoms with Crippen LogP contribution in [-0.2, 0) is 17.7 Å². The van der Waals surface area contributed by atoms with Crippen LogP contribution in [0.2, 0.25) is 0 Å². The number of nitrogens with one attached hydrogen (secondary N) is 2. The number of rotatable bonds is 6. The predicted octanol–water partition coefficient (Wildman–Crippen LogP) is 4.98. The van der Waals surface area contributed by atoms with Crippen LogP contribution in [0.15, 0.2) is 48.8 Å². The summed E-state index contributed by atoms with van der Waals surface area (Å²) in [5.41, 5.74) is 6.77. The molecule has 5 heterocycles. The Hall–Kier alpha value is -3.78. The van der Waals surface area contributed by atoms with Crippen LogP contribution in [-0.4, -0.2) is 33.5 Å². The molecule has 0 aliphatic carbocycles. The quantitative estimate of drug-likeness (QED) is 0.415. The Labute approximate surface area is 202 Å². The standard InChI is InChI=1S/C27H26FN5O2/c1-2-3-21-18(16-9-11-35-15-16)5-7-24(31-21)32-22-6-4-19(20-13-30-27(34)26(20)22)23-14-29-25-12-17(28)8-10-33(23)25/h4-8,10,12,14,16H,2-3,9,11,13,15H2,1H3,(H,30,34)(H,31,32)/t16-/m1/s1. The molecule has 1 aromatic carbocycles. The summed E-state index contributed by atoms with van der Waals surface area (Å²) in [6, 6.07) is 10.8. The maximum atomic E-state index is 13.6. The normalized spacial score (nSPS) is 17.1. The zero-order chi connectivity index (χ0) is 23.9. The summed E-state index contributed by atoms with van der Waals surface area (Å²) in [6.45, 7) is 4.12. The fourth-order valence-electron chi connectivity index (χ4n) is 5.16. The molecular weight excluding hydrogens is 445 g/mol. The molecule has 7 nitrogen and oxygen atoms in total. The Bertz CT molecular complexity index is 1440. The van der Waals surface area contributed by atoms with E-state index in [0.717, 1.165) is 60.8 Å². The lowest BCUT2D eigenvalue weighted by Crippen LogP contribution is -2.14. The number of nitrogens with zero attached hydrogens (tertiary/aromatic N) is 3. The maximum Gasteiger partial charge on any atom is 0.254 e. The van der Waals surface area contributed by atoms with Gasteiger partial charge in [0.05, 0.1) is 29.7 Å². The van der Waals surface area contributed by atoms with Crippen LogP contribution >= 0.6 is 0 Å². The van der Waals surface area contributed by atoms with Crippen LogP contribution in [0.5, 0.6) is 0 Å². The van der Waals surface area contributed by atoms with E-state index in [4.69, 9.17) is 9.72 Å². The summed E-state index contributed by atoms with van der Waals surface area (Å²) in [4.78, 5) is 22.1. The van der Waals surface area contributed by atoms with Crippen LogP contribution in [0.4, 0.5) is 15.9 Å². The van der Waals surface area contributed by atoms with Gasteiger partial charge < -0.3 is 15.4 Å². The monoisotopic (exact) mass is 471 g/mol. The molecule has 8 heteroatoms. The van der Waals surface area contributed by atoms with Crippen molar-refractivity contribution in [2.75, 3.05) is 18.5 Å². The van der Waals surface area contributed by atoms with Crippen LogP contribution in [0.1, 0.15) is 52.9 Å². The highest BCUT2D eigenvalue weighted by molar-refractivity contribution is 6.06. The summed E-state index contributed by atoms with van der Waals surface area (Å²) in [7, 11) is 0. The Morgan fingerprint density at radius 2 is 2.17 bits per heavy atom. The third-order valence-electron chi connectivity index (χ3n) is 6.85. The van der Waals surface area contributed by atoms with E-state index >= 15 is 0 Å². The Kier molecular flexibility index (Phi) is 5.45. The number of imidazole rings is 1. The summed E-state index contributed by atoms with van der Waals surface area (Å²) < 4.78 is 21.1. The fraction of sp³-hybridized carbons (Fsp3) is 0.296. The first kappa shape index (κ1) is 21.7. The van der Waals surface area contributed by atoms with E-state index in [1.807, 2.05) is 22.6 Å². The second kappa shape index (κ2) is 8.78. The molecule has 4 aromatic rings. The minimum absolute atomic E-state index is 0.127. The number of aromatic nitrogens is 3. The maximum absolute atomic E-state index is 13.6. The van der Waals surface area contributed by atoms with Crippen LogP contribution < -0.4 is 10.6 Å². The van der Waals surface area contributed by atoms with Gasteiger partial charge in [0.1, 0.15) is 17.3 Å². The average molecular weight is 472 g/mol. The Morgan fingerprint density at radius 3 is 3.00 bits per heavy atom. The zero-order valence-electron chi connectivity index (χ0n) is 19.5. The van der Waals surface area contributed by atoms with Crippen molar-refractivity contribution in [3.05, 3.63) is 77.0 Å². The second-order valence-corrected chi connectivity index (χ2v) is 9.08. The second-order valence-electron chi connectivity index (χ2n) is 9.08. The molecule has 0 unspecified atom stereocenters. The molecule has 2 aliphatic rings. The molecule has 1 fully saturated rings. The number of benzene rings is 1. The molecule has 0 saturated carbocycles. The molecule has 178 valence electrons. The van der Waals surface area contributed by atoms with Crippen molar-refractivity contribution >= 4 is 23.1 Å². The average Bonchev–Trinajstić information content (AvgIpc) is 3.60. The number of anilines is 2. The van der Waals surface area contributed by atoms with Crippen molar-refractivity contribution in [1.29, 1.82) is 0 Å². The van der Waals surface area contributed by atoms with Crippen molar-refractivity contribution in [3.8, 4) is 11.3 Å². The molecule has 2 N–H and O–H groups in total. The minimum atomic E-state index is -0.335. The summed E-state index contributed by atoms with van der Waals surface area (Å²) in [6.07, 6.45) is 6.30. The Balaban J connectivity index is 1.38. The van der Waals surface area contributed by atoms with E-state index in [9.17, 15) is 9.18 Å². The molecule has 0 radical (unpaired) electrons. The number of hydrogen-bond acceptors (Lipinski definition) is 5. The Morgan fingerprint density at radius 1 is 1.26 bits per heavy atom. The van der Waals surface area contributed by atoms with Gasteiger partial charge in [0, 0.05) is 42.6 Å². The molecule has 2 aliphatic heterocycles. The largest absolute Gasteiger partial charge is 0.381 e. The zero-order valence-corrected chi connectivity index (χ0v) is 19.5. The van der Waals surface area contributed by atoms with Crippen LogP contribution in [0, 0.1) is 5.82 Å². The van der Waals surface area contributed by atoms with Gasteiger partial charge in [-0.3, -0.25) is 9.20 Å². The van der Waals surface area contributed by atoms with Crippen LogP contribution in [0.3, 0.4) is 0 Å². The highest BCUT2D eigenvalue weighted by Crippen LogP contribution is 2.36. The first-order valence-corrected chi connectivity index (χ1v) is 12.0. The number of amides is 1. The highest BCUT2D eigenvalue weighted by atomic mass is 19.1. The van der Waals surface area contributed by atoms with Crippen LogP contribution in [0.25, 0.3) is 16.9 Å². The number of carbonyl (C=O) groups excluding carboxylic acids is 1. The van der Waals surface area contributed by atoms with E-state index in [1.165, 1.54) is 17.7 Å². The smallest absolute Gasteiger partial charge is 0.254 e. The number of carbonyl (C=O) groups is 1. The lowest BCUT2D eigenvalue weighted by molar-refractivity contribution is 0.0966. The van der Waals surface area contributed by atoms with Crippen molar-refractivity contribution in [3.63, 3.8) is 0 Å². The molecule has 0 spiro atoms. The summed E-state index contributed by atoms with van der Waals surface area (Å²) in [5, 5.41) is 6.34. The molecule has 1 amide bonds. The number of hydrogen-bond donors (Lipinski definition) is 2. The van der Waals surface area contributed by atoms with Crippen molar-refractivity contribution in [2.45, 2.75) is 38.6 Å². The lowest BCUT2D eigenvalue weighted by atomic mass is 9.95. The van der Waals surface area contributed by atoms with Gasteiger partial charge in [0.2, 0.25) is 0 Å². The first-order chi connectivity index (χ1) is 17.1. The van der Waals surface area contributed by atoms with Gasteiger partial charge in [-0.25, -0.2) is 14.4 Å². The van der Waals surface area contributed by atoms with E-state index in [2.05, 4.69) is 28.6 Å². The summed E-state index contributed by atoms with van der Waals surface area (Å²) in [5.74, 6) is 0.651. The van der Waals surface area contributed by atoms with Crippen molar-refractivity contribution in [1.82, 2.24) is 19.7 Å². The van der Waals surface area contributed by atoms with E-state index in [0.29, 0.717) is 29.4 Å². The SMILES string of the molecule is CCCc1nc(Nc2ccc(-c3cnc4cc(F)ccn34)c3c2C(=O)NC3)ccc1[C@@H]1CCOC1. The van der Waals surface area contributed by atoms with Gasteiger partial charge in [0.25, 0.3) is 5.91 Å². The van der Waals surface area contributed by atoms with E-state index < -0.39 is 0 Å². The van der Waals surface area contributed by atoms with Gasteiger partial charge in [-0.05, 0) is 42.2 Å². The third-order valence-corrected chi connectivity index (χ3v) is 6.85.